The summed E-state index contributed by atoms with van der Waals surface area (Å²) in [5, 5.41) is 0. The maximum absolute atomic E-state index is 12.3. The number of carbonyl (C=O) groups is 2. The van der Waals surface area contributed by atoms with Crippen molar-refractivity contribution in [3.05, 3.63) is 30.1 Å². The fourth-order valence-corrected chi connectivity index (χ4v) is 2.02. The normalized spacial score (nSPS) is 19.2. The van der Waals surface area contributed by atoms with E-state index in [0.29, 0.717) is 18.5 Å². The number of hydrogen-bond acceptors (Lipinski definition) is 3. The van der Waals surface area contributed by atoms with Gasteiger partial charge < -0.3 is 4.90 Å². The van der Waals surface area contributed by atoms with Crippen molar-refractivity contribution in [3.8, 4) is 0 Å². The van der Waals surface area contributed by atoms with Gasteiger partial charge in [-0.25, -0.2) is 0 Å². The van der Waals surface area contributed by atoms with Crippen LogP contribution < -0.4 is 0 Å². The van der Waals surface area contributed by atoms with Crippen LogP contribution in [0.2, 0.25) is 0 Å². The van der Waals surface area contributed by atoms with Crippen molar-refractivity contribution in [1.29, 1.82) is 0 Å². The van der Waals surface area contributed by atoms with E-state index in [2.05, 4.69) is 4.98 Å². The van der Waals surface area contributed by atoms with E-state index in [4.69, 9.17) is 0 Å². The first-order valence-corrected chi connectivity index (χ1v) is 5.75. The number of Topliss-reactive ketones (excluding diaryl/α,β-unsaturated/α-hetero) is 1. The molecule has 1 aliphatic heterocycles. The molecule has 1 aromatic heterocycles. The van der Waals surface area contributed by atoms with Gasteiger partial charge in [0.1, 0.15) is 5.69 Å². The molecule has 0 atom stereocenters. The SMILES string of the molecule is CC1(C)CCC(=O)CN1C(=O)c1ccccn1. The summed E-state index contributed by atoms with van der Waals surface area (Å²) in [5.41, 5.74) is 0.123. The van der Waals surface area contributed by atoms with Crippen molar-refractivity contribution in [2.24, 2.45) is 0 Å². The highest BCUT2D eigenvalue weighted by atomic mass is 16.2. The number of likely N-dealkylation sites (tertiary alicyclic amines) is 1. The Kier molecular flexibility index (Phi) is 2.96. The van der Waals surface area contributed by atoms with Crippen LogP contribution >= 0.6 is 0 Å². The van der Waals surface area contributed by atoms with Crippen LogP contribution in [0.5, 0.6) is 0 Å². The monoisotopic (exact) mass is 232 g/mol. The minimum Gasteiger partial charge on any atom is -0.325 e. The van der Waals surface area contributed by atoms with Gasteiger partial charge in [-0.2, -0.15) is 0 Å². The average molecular weight is 232 g/mol. The molecule has 4 heteroatoms. The van der Waals surface area contributed by atoms with Crippen LogP contribution in [0.25, 0.3) is 0 Å². The van der Waals surface area contributed by atoms with Gasteiger partial charge in [0.05, 0.1) is 6.54 Å². The van der Waals surface area contributed by atoms with Gasteiger partial charge in [0.25, 0.3) is 5.91 Å². The maximum atomic E-state index is 12.3. The highest BCUT2D eigenvalue weighted by Crippen LogP contribution is 2.26. The number of ketones is 1. The Morgan fingerprint density at radius 3 is 2.82 bits per heavy atom. The number of pyridine rings is 1. The second kappa shape index (κ2) is 4.28. The van der Waals surface area contributed by atoms with Crippen LogP contribution in [-0.2, 0) is 4.79 Å². The molecule has 1 fully saturated rings. The molecule has 0 unspecified atom stereocenters. The Morgan fingerprint density at radius 2 is 2.18 bits per heavy atom. The molecule has 0 aromatic carbocycles. The summed E-state index contributed by atoms with van der Waals surface area (Å²) < 4.78 is 0. The van der Waals surface area contributed by atoms with Gasteiger partial charge in [-0.15, -0.1) is 0 Å². The van der Waals surface area contributed by atoms with E-state index in [1.807, 2.05) is 13.8 Å². The second-order valence-electron chi connectivity index (χ2n) is 4.96. The summed E-state index contributed by atoms with van der Waals surface area (Å²) in [7, 11) is 0. The molecule has 90 valence electrons. The van der Waals surface area contributed by atoms with Crippen molar-refractivity contribution in [2.75, 3.05) is 6.54 Å². The Bertz CT molecular complexity index is 440. The summed E-state index contributed by atoms with van der Waals surface area (Å²) in [5.74, 6) is -0.0442. The number of carbonyl (C=O) groups excluding carboxylic acids is 2. The van der Waals surface area contributed by atoms with E-state index < -0.39 is 0 Å². The predicted molar refractivity (Wildman–Crippen MR) is 63.6 cm³/mol. The average Bonchev–Trinajstić information content (AvgIpc) is 2.33. The van der Waals surface area contributed by atoms with Gasteiger partial charge in [-0.3, -0.25) is 14.6 Å². The number of rotatable bonds is 1. The molecular formula is C13H16N2O2. The van der Waals surface area contributed by atoms with Crippen molar-refractivity contribution in [1.82, 2.24) is 9.88 Å². The highest BCUT2D eigenvalue weighted by Gasteiger charge is 2.37. The zero-order chi connectivity index (χ0) is 12.5. The third kappa shape index (κ3) is 2.35. The molecular weight excluding hydrogens is 216 g/mol. The van der Waals surface area contributed by atoms with Gasteiger partial charge in [0, 0.05) is 18.2 Å². The predicted octanol–water partition coefficient (Wildman–Crippen LogP) is 1.67. The zero-order valence-corrected chi connectivity index (χ0v) is 10.1. The lowest BCUT2D eigenvalue weighted by atomic mass is 9.89. The van der Waals surface area contributed by atoms with Crippen molar-refractivity contribution >= 4 is 11.7 Å². The lowest BCUT2D eigenvalue weighted by Crippen LogP contribution is -2.53. The van der Waals surface area contributed by atoms with Crippen molar-refractivity contribution in [2.45, 2.75) is 32.2 Å². The van der Waals surface area contributed by atoms with Crippen molar-refractivity contribution < 1.29 is 9.59 Å². The Labute approximate surface area is 101 Å². The molecule has 1 amide bonds. The summed E-state index contributed by atoms with van der Waals surface area (Å²) in [4.78, 5) is 29.4. The molecule has 0 spiro atoms. The zero-order valence-electron chi connectivity index (χ0n) is 10.1. The maximum Gasteiger partial charge on any atom is 0.273 e. The second-order valence-corrected chi connectivity index (χ2v) is 4.96. The summed E-state index contributed by atoms with van der Waals surface area (Å²) in [6.45, 7) is 4.17. The van der Waals surface area contributed by atoms with Crippen LogP contribution in [0.15, 0.2) is 24.4 Å². The molecule has 1 aliphatic rings. The number of aromatic nitrogens is 1. The summed E-state index contributed by atoms with van der Waals surface area (Å²) in [6, 6.07) is 5.22. The molecule has 0 radical (unpaired) electrons. The number of piperidine rings is 1. The van der Waals surface area contributed by atoms with E-state index in [-0.39, 0.29) is 23.8 Å². The lowest BCUT2D eigenvalue weighted by molar-refractivity contribution is -0.124. The highest BCUT2D eigenvalue weighted by molar-refractivity contribution is 5.96. The smallest absolute Gasteiger partial charge is 0.273 e. The van der Waals surface area contributed by atoms with Crippen LogP contribution in [-0.4, -0.2) is 33.7 Å². The van der Waals surface area contributed by atoms with E-state index >= 15 is 0 Å². The van der Waals surface area contributed by atoms with Gasteiger partial charge in [0.2, 0.25) is 0 Å². The van der Waals surface area contributed by atoms with Crippen molar-refractivity contribution in [3.63, 3.8) is 0 Å². The lowest BCUT2D eigenvalue weighted by Gasteiger charge is -2.41. The first-order valence-electron chi connectivity index (χ1n) is 5.75. The van der Waals surface area contributed by atoms with Crippen LogP contribution in [0.1, 0.15) is 37.2 Å². The Morgan fingerprint density at radius 1 is 1.41 bits per heavy atom. The molecule has 4 nitrogen and oxygen atoms in total. The van der Waals surface area contributed by atoms with Crippen LogP contribution in [0.3, 0.4) is 0 Å². The largest absolute Gasteiger partial charge is 0.325 e. The quantitative estimate of drug-likeness (QED) is 0.740. The van der Waals surface area contributed by atoms with E-state index in [1.165, 1.54) is 0 Å². The molecule has 17 heavy (non-hydrogen) atoms. The Hall–Kier alpha value is -1.71. The molecule has 1 aromatic rings. The van der Waals surface area contributed by atoms with Gasteiger partial charge in [0.15, 0.2) is 5.78 Å². The van der Waals surface area contributed by atoms with Gasteiger partial charge in [-0.05, 0) is 32.4 Å². The molecule has 2 rings (SSSR count). The van der Waals surface area contributed by atoms with E-state index in [9.17, 15) is 9.59 Å². The molecule has 0 aliphatic carbocycles. The minimum atomic E-state index is -0.275. The fraction of sp³-hybridized carbons (Fsp3) is 0.462. The molecule has 0 saturated carbocycles. The van der Waals surface area contributed by atoms with E-state index in [0.717, 1.165) is 0 Å². The third-order valence-electron chi connectivity index (χ3n) is 3.21. The fourth-order valence-electron chi connectivity index (χ4n) is 2.02. The first kappa shape index (κ1) is 11.8. The number of nitrogens with zero attached hydrogens (tertiary/aromatic N) is 2. The number of hydrogen-bond donors (Lipinski definition) is 0. The third-order valence-corrected chi connectivity index (χ3v) is 3.21. The van der Waals surface area contributed by atoms with E-state index in [1.54, 1.807) is 29.3 Å². The molecule has 2 heterocycles. The minimum absolute atomic E-state index is 0.119. The topological polar surface area (TPSA) is 50.3 Å². The van der Waals surface area contributed by atoms with Crippen LogP contribution in [0, 0.1) is 0 Å². The summed E-state index contributed by atoms with van der Waals surface area (Å²) in [6.07, 6.45) is 2.86. The van der Waals surface area contributed by atoms with Gasteiger partial charge in [-0.1, -0.05) is 6.07 Å². The molecule has 1 saturated heterocycles. The Balaban J connectivity index is 2.26. The molecule has 0 N–H and O–H groups in total. The molecule has 0 bridgehead atoms. The first-order chi connectivity index (χ1) is 8.00. The standard InChI is InChI=1S/C13H16N2O2/c1-13(2)7-6-10(16)9-15(13)12(17)11-5-3-4-8-14-11/h3-5,8H,6-7,9H2,1-2H3. The summed E-state index contributed by atoms with van der Waals surface area (Å²) >= 11 is 0. The van der Waals surface area contributed by atoms with Gasteiger partial charge >= 0.3 is 0 Å². The van der Waals surface area contributed by atoms with Crippen LogP contribution in [0.4, 0.5) is 0 Å². The number of amides is 1.